The summed E-state index contributed by atoms with van der Waals surface area (Å²) >= 11 is 0. The van der Waals surface area contributed by atoms with E-state index < -0.39 is 0 Å². The third-order valence-electron chi connectivity index (χ3n) is 3.72. The van der Waals surface area contributed by atoms with E-state index in [9.17, 15) is 4.79 Å². The molecule has 0 saturated heterocycles. The Kier molecular flexibility index (Phi) is 3.76. The van der Waals surface area contributed by atoms with Crippen LogP contribution in [0.1, 0.15) is 33.5 Å². The summed E-state index contributed by atoms with van der Waals surface area (Å²) in [4.78, 5) is 12.7. The summed E-state index contributed by atoms with van der Waals surface area (Å²) in [6.45, 7) is 2.42. The molecule has 0 saturated carbocycles. The van der Waals surface area contributed by atoms with Crippen LogP contribution in [0, 0.1) is 18.3 Å². The molecule has 0 radical (unpaired) electrons. The van der Waals surface area contributed by atoms with E-state index in [2.05, 4.69) is 6.07 Å². The molecule has 2 aromatic rings. The SMILES string of the molecule is Cc1cccc2c1OCC/C(=C/c1cccc(C#N)c1)C2=O. The first-order valence-corrected chi connectivity index (χ1v) is 7.17. The van der Waals surface area contributed by atoms with E-state index in [0.717, 1.165) is 11.1 Å². The number of nitriles is 1. The fraction of sp³-hybridized carbons (Fsp3) is 0.158. The molecule has 3 rings (SSSR count). The minimum absolute atomic E-state index is 0.00133. The number of carbonyl (C=O) groups excluding carboxylic acids is 1. The molecule has 0 amide bonds. The lowest BCUT2D eigenvalue weighted by molar-refractivity contribution is 0.103. The predicted molar refractivity (Wildman–Crippen MR) is 84.8 cm³/mol. The largest absolute Gasteiger partial charge is 0.492 e. The summed E-state index contributed by atoms with van der Waals surface area (Å²) in [7, 11) is 0. The number of carbonyl (C=O) groups is 1. The van der Waals surface area contributed by atoms with Gasteiger partial charge < -0.3 is 4.74 Å². The zero-order valence-corrected chi connectivity index (χ0v) is 12.3. The van der Waals surface area contributed by atoms with Crippen LogP contribution in [0.25, 0.3) is 6.08 Å². The monoisotopic (exact) mass is 289 g/mol. The van der Waals surface area contributed by atoms with Gasteiger partial charge in [-0.2, -0.15) is 5.26 Å². The molecular weight excluding hydrogens is 274 g/mol. The lowest BCUT2D eigenvalue weighted by atomic mass is 9.97. The van der Waals surface area contributed by atoms with Crippen molar-refractivity contribution in [2.75, 3.05) is 6.61 Å². The van der Waals surface area contributed by atoms with Crippen LogP contribution in [0.15, 0.2) is 48.0 Å². The van der Waals surface area contributed by atoms with Crippen molar-refractivity contribution >= 4 is 11.9 Å². The third kappa shape index (κ3) is 2.64. The number of ketones is 1. The zero-order valence-electron chi connectivity index (χ0n) is 12.3. The van der Waals surface area contributed by atoms with Gasteiger partial charge in [-0.1, -0.05) is 24.3 Å². The first-order valence-electron chi connectivity index (χ1n) is 7.17. The maximum atomic E-state index is 12.7. The predicted octanol–water partition coefficient (Wildman–Crippen LogP) is 3.92. The maximum absolute atomic E-state index is 12.7. The molecule has 0 spiro atoms. The van der Waals surface area contributed by atoms with Crippen LogP contribution in [-0.2, 0) is 0 Å². The smallest absolute Gasteiger partial charge is 0.192 e. The number of rotatable bonds is 1. The number of hydrogen-bond acceptors (Lipinski definition) is 3. The van der Waals surface area contributed by atoms with Gasteiger partial charge in [-0.15, -0.1) is 0 Å². The minimum Gasteiger partial charge on any atom is -0.492 e. The molecule has 0 fully saturated rings. The summed E-state index contributed by atoms with van der Waals surface area (Å²) in [6, 6.07) is 15.0. The normalized spacial score (nSPS) is 15.6. The Hall–Kier alpha value is -2.86. The van der Waals surface area contributed by atoms with Gasteiger partial charge in [0.05, 0.1) is 23.8 Å². The maximum Gasteiger partial charge on any atom is 0.192 e. The number of ether oxygens (including phenoxy) is 1. The molecule has 0 unspecified atom stereocenters. The van der Waals surface area contributed by atoms with Crippen LogP contribution in [-0.4, -0.2) is 12.4 Å². The lowest BCUT2D eigenvalue weighted by Crippen LogP contribution is -2.02. The van der Waals surface area contributed by atoms with Crippen molar-refractivity contribution < 1.29 is 9.53 Å². The highest BCUT2D eigenvalue weighted by Gasteiger charge is 2.22. The molecule has 0 aromatic heterocycles. The molecule has 2 aromatic carbocycles. The standard InChI is InChI=1S/C19H15NO2/c1-13-4-2-7-17-18(21)16(8-9-22-19(13)17)11-14-5-3-6-15(10-14)12-20/h2-7,10-11H,8-9H2,1H3/b16-11-. The van der Waals surface area contributed by atoms with Gasteiger partial charge in [-0.25, -0.2) is 0 Å². The van der Waals surface area contributed by atoms with E-state index >= 15 is 0 Å². The summed E-state index contributed by atoms with van der Waals surface area (Å²) < 4.78 is 5.75. The van der Waals surface area contributed by atoms with Crippen molar-refractivity contribution in [3.63, 3.8) is 0 Å². The summed E-state index contributed by atoms with van der Waals surface area (Å²) in [5.41, 5.74) is 3.74. The molecule has 1 aliphatic heterocycles. The molecule has 3 nitrogen and oxygen atoms in total. The molecular formula is C19H15NO2. The average Bonchev–Trinajstić information content (AvgIpc) is 2.69. The van der Waals surface area contributed by atoms with E-state index in [1.807, 2.05) is 37.3 Å². The second kappa shape index (κ2) is 5.87. The van der Waals surface area contributed by atoms with E-state index in [-0.39, 0.29) is 5.78 Å². The van der Waals surface area contributed by atoms with Crippen LogP contribution in [0.3, 0.4) is 0 Å². The van der Waals surface area contributed by atoms with Gasteiger partial charge in [-0.05, 0) is 42.3 Å². The Morgan fingerprint density at radius 2 is 2.05 bits per heavy atom. The van der Waals surface area contributed by atoms with Crippen molar-refractivity contribution in [2.45, 2.75) is 13.3 Å². The highest BCUT2D eigenvalue weighted by Crippen LogP contribution is 2.30. The fourth-order valence-corrected chi connectivity index (χ4v) is 2.61. The van der Waals surface area contributed by atoms with Gasteiger partial charge in [0, 0.05) is 12.0 Å². The number of para-hydroxylation sites is 1. The van der Waals surface area contributed by atoms with Crippen molar-refractivity contribution in [3.05, 3.63) is 70.3 Å². The Balaban J connectivity index is 2.03. The number of fused-ring (bicyclic) bond motifs is 1. The van der Waals surface area contributed by atoms with Crippen molar-refractivity contribution in [1.82, 2.24) is 0 Å². The first kappa shape index (κ1) is 14.1. The molecule has 22 heavy (non-hydrogen) atoms. The number of aryl methyl sites for hydroxylation is 1. The van der Waals surface area contributed by atoms with Crippen LogP contribution in [0.5, 0.6) is 5.75 Å². The Morgan fingerprint density at radius 3 is 2.86 bits per heavy atom. The molecule has 0 N–H and O–H groups in total. The summed E-state index contributed by atoms with van der Waals surface area (Å²) in [5, 5.41) is 8.97. The van der Waals surface area contributed by atoms with Gasteiger partial charge in [0.25, 0.3) is 0 Å². The molecule has 0 aliphatic carbocycles. The highest BCUT2D eigenvalue weighted by molar-refractivity contribution is 6.13. The lowest BCUT2D eigenvalue weighted by Gasteiger charge is -2.08. The Bertz CT molecular complexity index is 812. The van der Waals surface area contributed by atoms with E-state index in [4.69, 9.17) is 10.00 Å². The Morgan fingerprint density at radius 1 is 1.23 bits per heavy atom. The Labute approximate surface area is 129 Å². The van der Waals surface area contributed by atoms with Crippen LogP contribution >= 0.6 is 0 Å². The van der Waals surface area contributed by atoms with Gasteiger partial charge in [0.2, 0.25) is 0 Å². The first-order chi connectivity index (χ1) is 10.7. The topological polar surface area (TPSA) is 50.1 Å². The average molecular weight is 289 g/mol. The summed E-state index contributed by atoms with van der Waals surface area (Å²) in [6.07, 6.45) is 2.41. The van der Waals surface area contributed by atoms with Gasteiger partial charge >= 0.3 is 0 Å². The van der Waals surface area contributed by atoms with E-state index in [0.29, 0.717) is 35.5 Å². The van der Waals surface area contributed by atoms with Gasteiger partial charge in [0.15, 0.2) is 5.78 Å². The molecule has 108 valence electrons. The molecule has 3 heteroatoms. The number of hydrogen-bond donors (Lipinski definition) is 0. The zero-order chi connectivity index (χ0) is 15.5. The van der Waals surface area contributed by atoms with Gasteiger partial charge in [-0.3, -0.25) is 4.79 Å². The van der Waals surface area contributed by atoms with E-state index in [1.165, 1.54) is 0 Å². The van der Waals surface area contributed by atoms with Crippen LogP contribution in [0.4, 0.5) is 0 Å². The minimum atomic E-state index is -0.00133. The second-order valence-corrected chi connectivity index (χ2v) is 5.29. The van der Waals surface area contributed by atoms with Crippen molar-refractivity contribution in [3.8, 4) is 11.8 Å². The van der Waals surface area contributed by atoms with E-state index in [1.54, 1.807) is 18.2 Å². The summed E-state index contributed by atoms with van der Waals surface area (Å²) in [5.74, 6) is 0.681. The fourth-order valence-electron chi connectivity index (χ4n) is 2.61. The van der Waals surface area contributed by atoms with Crippen molar-refractivity contribution in [1.29, 1.82) is 5.26 Å². The van der Waals surface area contributed by atoms with Gasteiger partial charge in [0.1, 0.15) is 5.75 Å². The molecule has 0 atom stereocenters. The highest BCUT2D eigenvalue weighted by atomic mass is 16.5. The third-order valence-corrected chi connectivity index (χ3v) is 3.72. The number of nitrogens with zero attached hydrogens (tertiary/aromatic N) is 1. The second-order valence-electron chi connectivity index (χ2n) is 5.29. The number of benzene rings is 2. The van der Waals surface area contributed by atoms with Crippen molar-refractivity contribution in [2.24, 2.45) is 0 Å². The van der Waals surface area contributed by atoms with Crippen LogP contribution in [0.2, 0.25) is 0 Å². The quantitative estimate of drug-likeness (QED) is 0.748. The molecule has 1 heterocycles. The van der Waals surface area contributed by atoms with Crippen LogP contribution < -0.4 is 4.74 Å². The molecule has 0 bridgehead atoms. The molecule has 1 aliphatic rings. The number of Topliss-reactive ketones (excluding diaryl/α,β-unsaturated/α-hetero) is 1.